The van der Waals surface area contributed by atoms with Crippen LogP contribution in [0.5, 0.6) is 5.75 Å². The molecule has 2 N–H and O–H groups in total. The highest BCUT2D eigenvalue weighted by Crippen LogP contribution is 2.41. The molecule has 0 aromatic heterocycles. The Morgan fingerprint density at radius 3 is 2.44 bits per heavy atom. The molecule has 0 bridgehead atoms. The number of aliphatic hydroxyl groups is 1. The molecule has 3 heteroatoms. The number of anilines is 1. The number of rotatable bonds is 5. The van der Waals surface area contributed by atoms with Gasteiger partial charge < -0.3 is 15.2 Å². The molecule has 1 aromatic rings. The van der Waals surface area contributed by atoms with E-state index in [1.165, 1.54) is 12.8 Å². The summed E-state index contributed by atoms with van der Waals surface area (Å²) in [4.78, 5) is 0. The normalized spacial score (nSPS) is 18.9. The number of nitrogens with one attached hydrogen (secondary N) is 1. The predicted octanol–water partition coefficient (Wildman–Crippen LogP) is 2.27. The van der Waals surface area contributed by atoms with E-state index < -0.39 is 0 Å². The van der Waals surface area contributed by atoms with Gasteiger partial charge >= 0.3 is 0 Å². The van der Waals surface area contributed by atoms with Gasteiger partial charge in [-0.05, 0) is 49.9 Å². The van der Waals surface area contributed by atoms with Gasteiger partial charge in [0.05, 0.1) is 19.3 Å². The zero-order valence-corrected chi connectivity index (χ0v) is 9.86. The highest BCUT2D eigenvalue weighted by atomic mass is 16.5. The smallest absolute Gasteiger partial charge is 0.119 e. The molecule has 0 saturated heterocycles. The molecule has 0 spiro atoms. The summed E-state index contributed by atoms with van der Waals surface area (Å²) in [6.07, 6.45) is 2.42. The van der Waals surface area contributed by atoms with Crippen molar-refractivity contribution >= 4 is 5.69 Å². The Morgan fingerprint density at radius 1 is 1.38 bits per heavy atom. The molecule has 16 heavy (non-hydrogen) atoms. The van der Waals surface area contributed by atoms with E-state index in [1.54, 1.807) is 7.11 Å². The molecule has 1 aromatic carbocycles. The van der Waals surface area contributed by atoms with Crippen LogP contribution in [0.3, 0.4) is 0 Å². The predicted molar refractivity (Wildman–Crippen MR) is 64.8 cm³/mol. The van der Waals surface area contributed by atoms with Crippen LogP contribution in [-0.4, -0.2) is 24.4 Å². The molecule has 1 atom stereocenters. The van der Waals surface area contributed by atoms with Crippen molar-refractivity contribution in [3.8, 4) is 5.75 Å². The maximum Gasteiger partial charge on any atom is 0.119 e. The lowest BCUT2D eigenvalue weighted by Gasteiger charge is -2.30. The van der Waals surface area contributed by atoms with Crippen molar-refractivity contribution in [2.75, 3.05) is 19.0 Å². The van der Waals surface area contributed by atoms with Crippen LogP contribution >= 0.6 is 0 Å². The van der Waals surface area contributed by atoms with Gasteiger partial charge in [0.2, 0.25) is 0 Å². The topological polar surface area (TPSA) is 41.5 Å². The quantitative estimate of drug-likeness (QED) is 0.801. The van der Waals surface area contributed by atoms with Gasteiger partial charge in [0, 0.05) is 5.69 Å². The number of methoxy groups -OCH3 is 1. The summed E-state index contributed by atoms with van der Waals surface area (Å²) in [5.74, 6) is 1.45. The fraction of sp³-hybridized carbons (Fsp3) is 0.538. The maximum atomic E-state index is 9.47. The second kappa shape index (κ2) is 4.34. The van der Waals surface area contributed by atoms with Crippen LogP contribution in [0.15, 0.2) is 24.3 Å². The highest BCUT2D eigenvalue weighted by molar-refractivity contribution is 5.48. The van der Waals surface area contributed by atoms with E-state index in [0.29, 0.717) is 5.92 Å². The summed E-state index contributed by atoms with van der Waals surface area (Å²) in [6.45, 7) is 2.25. The molecule has 0 radical (unpaired) electrons. The van der Waals surface area contributed by atoms with E-state index in [0.717, 1.165) is 11.4 Å². The molecule has 3 nitrogen and oxygen atoms in total. The minimum Gasteiger partial charge on any atom is -0.497 e. The van der Waals surface area contributed by atoms with Crippen LogP contribution in [-0.2, 0) is 0 Å². The number of hydrogen-bond donors (Lipinski definition) is 2. The summed E-state index contributed by atoms with van der Waals surface area (Å²) in [5.41, 5.74) is 0.846. The van der Waals surface area contributed by atoms with Crippen LogP contribution in [0.4, 0.5) is 5.69 Å². The fourth-order valence-electron chi connectivity index (χ4n) is 2.00. The van der Waals surface area contributed by atoms with Gasteiger partial charge in [-0.25, -0.2) is 0 Å². The second-order valence-corrected chi connectivity index (χ2v) is 4.70. The Hall–Kier alpha value is -1.22. The van der Waals surface area contributed by atoms with Crippen molar-refractivity contribution in [3.63, 3.8) is 0 Å². The summed E-state index contributed by atoms with van der Waals surface area (Å²) in [7, 11) is 1.66. The van der Waals surface area contributed by atoms with Crippen molar-refractivity contribution in [1.29, 1.82) is 0 Å². The molecule has 1 unspecified atom stereocenters. The number of aliphatic hydroxyl groups excluding tert-OH is 1. The average Bonchev–Trinajstić information content (AvgIpc) is 3.14. The zero-order valence-electron chi connectivity index (χ0n) is 9.86. The van der Waals surface area contributed by atoms with Crippen molar-refractivity contribution in [1.82, 2.24) is 0 Å². The van der Waals surface area contributed by atoms with E-state index in [1.807, 2.05) is 24.3 Å². The van der Waals surface area contributed by atoms with Crippen LogP contribution in [0.25, 0.3) is 0 Å². The summed E-state index contributed by atoms with van der Waals surface area (Å²) >= 11 is 0. The highest BCUT2D eigenvalue weighted by Gasteiger charge is 2.40. The first-order valence-electron chi connectivity index (χ1n) is 5.71. The zero-order chi connectivity index (χ0) is 11.6. The summed E-state index contributed by atoms with van der Waals surface area (Å²) in [5, 5.41) is 12.9. The lowest BCUT2D eigenvalue weighted by molar-refractivity contribution is 0.206. The maximum absolute atomic E-state index is 9.47. The van der Waals surface area contributed by atoms with E-state index in [9.17, 15) is 5.11 Å². The molecule has 1 aliphatic rings. The van der Waals surface area contributed by atoms with Crippen molar-refractivity contribution < 1.29 is 9.84 Å². The summed E-state index contributed by atoms with van der Waals surface area (Å²) in [6, 6.07) is 7.81. The van der Waals surface area contributed by atoms with Gasteiger partial charge in [0.1, 0.15) is 5.75 Å². The Morgan fingerprint density at radius 2 is 2.00 bits per heavy atom. The van der Waals surface area contributed by atoms with Gasteiger partial charge in [0.15, 0.2) is 0 Å². The molecule has 0 aliphatic heterocycles. The molecular weight excluding hydrogens is 202 g/mol. The van der Waals surface area contributed by atoms with E-state index in [4.69, 9.17) is 4.74 Å². The lowest BCUT2D eigenvalue weighted by atomic mass is 9.96. The van der Waals surface area contributed by atoms with Crippen LogP contribution < -0.4 is 10.1 Å². The number of hydrogen-bond acceptors (Lipinski definition) is 3. The Bertz CT molecular complexity index is 345. The lowest BCUT2D eigenvalue weighted by Crippen LogP contribution is -2.41. The molecule has 1 aliphatic carbocycles. The SMILES string of the molecule is COc1ccc(NC(C)(CO)C2CC2)cc1. The van der Waals surface area contributed by atoms with Crippen molar-refractivity contribution in [2.45, 2.75) is 25.3 Å². The first-order chi connectivity index (χ1) is 7.68. The third-order valence-corrected chi connectivity index (χ3v) is 3.33. The Kier molecular flexibility index (Phi) is 3.06. The van der Waals surface area contributed by atoms with Crippen molar-refractivity contribution in [3.05, 3.63) is 24.3 Å². The number of benzene rings is 1. The minimum atomic E-state index is -0.186. The Balaban J connectivity index is 2.06. The van der Waals surface area contributed by atoms with E-state index >= 15 is 0 Å². The minimum absolute atomic E-state index is 0.170. The van der Waals surface area contributed by atoms with Gasteiger partial charge in [0.25, 0.3) is 0 Å². The molecule has 1 fully saturated rings. The molecule has 0 amide bonds. The Labute approximate surface area is 96.4 Å². The largest absolute Gasteiger partial charge is 0.497 e. The molecule has 1 saturated carbocycles. The molecule has 0 heterocycles. The fourth-order valence-corrected chi connectivity index (χ4v) is 2.00. The van der Waals surface area contributed by atoms with Crippen molar-refractivity contribution in [2.24, 2.45) is 5.92 Å². The average molecular weight is 221 g/mol. The van der Waals surface area contributed by atoms with E-state index in [2.05, 4.69) is 12.2 Å². The van der Waals surface area contributed by atoms with E-state index in [-0.39, 0.29) is 12.1 Å². The standard InChI is InChI=1S/C13H19NO2/c1-13(9-15,10-3-4-10)14-11-5-7-12(16-2)8-6-11/h5-8,10,14-15H,3-4,9H2,1-2H3. The third-order valence-electron chi connectivity index (χ3n) is 3.33. The monoisotopic (exact) mass is 221 g/mol. The van der Waals surface area contributed by atoms with Gasteiger partial charge in [-0.2, -0.15) is 0 Å². The van der Waals surface area contributed by atoms with Crippen LogP contribution in [0, 0.1) is 5.92 Å². The first kappa shape index (κ1) is 11.3. The molecule has 2 rings (SSSR count). The van der Waals surface area contributed by atoms with Gasteiger partial charge in [-0.15, -0.1) is 0 Å². The molecular formula is C13H19NO2. The summed E-state index contributed by atoms with van der Waals surface area (Å²) < 4.78 is 5.11. The van der Waals surface area contributed by atoms with Gasteiger partial charge in [-0.1, -0.05) is 0 Å². The third kappa shape index (κ3) is 2.30. The second-order valence-electron chi connectivity index (χ2n) is 4.70. The number of ether oxygens (including phenoxy) is 1. The van der Waals surface area contributed by atoms with Crippen LogP contribution in [0.2, 0.25) is 0 Å². The van der Waals surface area contributed by atoms with Crippen LogP contribution in [0.1, 0.15) is 19.8 Å². The van der Waals surface area contributed by atoms with Gasteiger partial charge in [-0.3, -0.25) is 0 Å². The molecule has 88 valence electrons. The first-order valence-corrected chi connectivity index (χ1v) is 5.71.